The third-order valence-electron chi connectivity index (χ3n) is 5.37. The van der Waals surface area contributed by atoms with Crippen LogP contribution in [0.15, 0.2) is 18.2 Å². The van der Waals surface area contributed by atoms with Crippen molar-refractivity contribution in [3.63, 3.8) is 0 Å². The van der Waals surface area contributed by atoms with Gasteiger partial charge in [-0.3, -0.25) is 34.2 Å². The molecule has 10 nitrogen and oxygen atoms in total. The highest BCUT2D eigenvalue weighted by Crippen LogP contribution is 2.32. The molecule has 1 aromatic rings. The number of anilines is 1. The Morgan fingerprint density at radius 3 is 2.53 bits per heavy atom. The lowest BCUT2D eigenvalue weighted by Gasteiger charge is -2.28. The van der Waals surface area contributed by atoms with Crippen LogP contribution in [0.4, 0.5) is 5.69 Å². The molecular weight excluding hydrogens is 414 g/mol. The van der Waals surface area contributed by atoms with Gasteiger partial charge < -0.3 is 15.5 Å². The maximum Gasteiger partial charge on any atom is 0.264 e. The Morgan fingerprint density at radius 2 is 1.83 bits per heavy atom. The first kappa shape index (κ1) is 21.7. The molecule has 3 N–H and O–H groups in total. The summed E-state index contributed by atoms with van der Waals surface area (Å²) in [5, 5.41) is 8.31. The molecule has 1 atom stereocenters. The minimum atomic E-state index is -1.02. The monoisotopic (exact) mass is 435 g/mol. The molecule has 3 aliphatic rings. The number of hydrogen-bond acceptors (Lipinski definition) is 7. The number of hydrogen-bond donors (Lipinski definition) is 3. The highest BCUT2D eigenvalue weighted by atomic mass is 35.5. The first-order valence-electron chi connectivity index (χ1n) is 9.54. The van der Waals surface area contributed by atoms with E-state index < -0.39 is 29.7 Å². The predicted octanol–water partition coefficient (Wildman–Crippen LogP) is -0.647. The molecule has 0 spiro atoms. The van der Waals surface area contributed by atoms with Crippen LogP contribution in [-0.2, 0) is 14.4 Å². The van der Waals surface area contributed by atoms with Gasteiger partial charge in [-0.15, -0.1) is 12.4 Å². The van der Waals surface area contributed by atoms with Crippen LogP contribution >= 0.6 is 12.4 Å². The molecule has 1 aromatic carbocycles. The minimum absolute atomic E-state index is 0. The number of amides is 5. The number of halogens is 1. The number of benzene rings is 1. The second-order valence-corrected chi connectivity index (χ2v) is 7.16. The Labute approximate surface area is 178 Å². The SMILES string of the molecule is Cl.O=C1CCC(N2C(=O)c3cccc(NCC(=O)N4CCNCC4)c3C2=O)C(=O)N1. The quantitative estimate of drug-likeness (QED) is 0.536. The fourth-order valence-electron chi connectivity index (χ4n) is 3.86. The Hall–Kier alpha value is -2.98. The van der Waals surface area contributed by atoms with Crippen molar-refractivity contribution < 1.29 is 24.0 Å². The van der Waals surface area contributed by atoms with E-state index in [1.807, 2.05) is 0 Å². The van der Waals surface area contributed by atoms with Crippen molar-refractivity contribution in [2.24, 2.45) is 0 Å². The van der Waals surface area contributed by atoms with Gasteiger partial charge in [0.1, 0.15) is 6.04 Å². The third kappa shape index (κ3) is 3.88. The van der Waals surface area contributed by atoms with Crippen LogP contribution in [0.5, 0.6) is 0 Å². The fourth-order valence-corrected chi connectivity index (χ4v) is 3.86. The van der Waals surface area contributed by atoms with E-state index in [0.717, 1.165) is 18.0 Å². The summed E-state index contributed by atoms with van der Waals surface area (Å²) in [4.78, 5) is 64.4. The van der Waals surface area contributed by atoms with Crippen LogP contribution in [0, 0.1) is 0 Å². The lowest BCUT2D eigenvalue weighted by molar-refractivity contribution is -0.136. The van der Waals surface area contributed by atoms with E-state index in [-0.39, 0.29) is 48.8 Å². The molecule has 2 fully saturated rings. The van der Waals surface area contributed by atoms with Gasteiger partial charge in [-0.25, -0.2) is 0 Å². The Morgan fingerprint density at radius 1 is 1.10 bits per heavy atom. The first-order valence-corrected chi connectivity index (χ1v) is 9.54. The van der Waals surface area contributed by atoms with Crippen molar-refractivity contribution in [3.05, 3.63) is 29.3 Å². The fraction of sp³-hybridized carbons (Fsp3) is 0.421. The van der Waals surface area contributed by atoms with Crippen molar-refractivity contribution in [2.45, 2.75) is 18.9 Å². The molecule has 160 valence electrons. The normalized spacial score (nSPS) is 21.1. The van der Waals surface area contributed by atoms with Crippen LogP contribution in [-0.4, -0.2) is 78.1 Å². The first-order chi connectivity index (χ1) is 14.0. The summed E-state index contributed by atoms with van der Waals surface area (Å²) in [5.41, 5.74) is 0.703. The van der Waals surface area contributed by atoms with Gasteiger partial charge in [0.2, 0.25) is 17.7 Å². The zero-order valence-electron chi connectivity index (χ0n) is 16.1. The second-order valence-electron chi connectivity index (χ2n) is 7.16. The largest absolute Gasteiger partial charge is 0.375 e. The van der Waals surface area contributed by atoms with E-state index in [0.29, 0.717) is 18.8 Å². The molecule has 3 aliphatic heterocycles. The Bertz CT molecular complexity index is 915. The Balaban J connectivity index is 0.00000256. The lowest BCUT2D eigenvalue weighted by Crippen LogP contribution is -2.54. The van der Waals surface area contributed by atoms with E-state index in [2.05, 4.69) is 16.0 Å². The van der Waals surface area contributed by atoms with Gasteiger partial charge in [0, 0.05) is 38.3 Å². The zero-order chi connectivity index (χ0) is 20.5. The molecule has 5 amide bonds. The number of carbonyl (C=O) groups is 5. The molecule has 11 heteroatoms. The van der Waals surface area contributed by atoms with Crippen LogP contribution < -0.4 is 16.0 Å². The van der Waals surface area contributed by atoms with Crippen LogP contribution in [0.1, 0.15) is 33.6 Å². The van der Waals surface area contributed by atoms with E-state index in [9.17, 15) is 24.0 Å². The molecule has 0 bridgehead atoms. The minimum Gasteiger partial charge on any atom is -0.375 e. The van der Waals surface area contributed by atoms with Gasteiger partial charge in [-0.05, 0) is 18.6 Å². The van der Waals surface area contributed by atoms with E-state index in [1.54, 1.807) is 17.0 Å². The van der Waals surface area contributed by atoms with Gasteiger partial charge in [0.25, 0.3) is 11.8 Å². The average molecular weight is 436 g/mol. The molecular formula is C19H22ClN5O5. The number of piperidine rings is 1. The molecule has 2 saturated heterocycles. The van der Waals surface area contributed by atoms with Crippen LogP contribution in [0.3, 0.4) is 0 Å². The third-order valence-corrected chi connectivity index (χ3v) is 5.37. The summed E-state index contributed by atoms with van der Waals surface area (Å²) in [6, 6.07) is 3.75. The van der Waals surface area contributed by atoms with Gasteiger partial charge in [0.05, 0.1) is 17.7 Å². The Kier molecular flexibility index (Phi) is 6.37. The number of nitrogens with one attached hydrogen (secondary N) is 3. The van der Waals surface area contributed by atoms with Gasteiger partial charge in [0.15, 0.2) is 0 Å². The molecule has 4 rings (SSSR count). The van der Waals surface area contributed by atoms with Crippen molar-refractivity contribution in [3.8, 4) is 0 Å². The van der Waals surface area contributed by atoms with Gasteiger partial charge in [-0.2, -0.15) is 0 Å². The maximum absolute atomic E-state index is 13.0. The van der Waals surface area contributed by atoms with Crippen LogP contribution in [0.25, 0.3) is 0 Å². The number of carbonyl (C=O) groups excluding carboxylic acids is 5. The van der Waals surface area contributed by atoms with Crippen molar-refractivity contribution in [1.82, 2.24) is 20.4 Å². The number of piperazine rings is 1. The van der Waals surface area contributed by atoms with Gasteiger partial charge >= 0.3 is 0 Å². The average Bonchev–Trinajstić information content (AvgIpc) is 2.98. The molecule has 1 unspecified atom stereocenters. The molecule has 0 saturated carbocycles. The summed E-state index contributed by atoms with van der Waals surface area (Å²) in [5.74, 6) is -2.34. The van der Waals surface area contributed by atoms with Crippen molar-refractivity contribution >= 4 is 47.6 Å². The lowest BCUT2D eigenvalue weighted by atomic mass is 10.0. The number of nitrogens with zero attached hydrogens (tertiary/aromatic N) is 2. The predicted molar refractivity (Wildman–Crippen MR) is 108 cm³/mol. The van der Waals surface area contributed by atoms with Gasteiger partial charge in [-0.1, -0.05) is 6.07 Å². The van der Waals surface area contributed by atoms with Crippen molar-refractivity contribution in [2.75, 3.05) is 38.0 Å². The summed E-state index contributed by atoms with van der Waals surface area (Å²) in [6.45, 7) is 2.71. The van der Waals surface area contributed by atoms with Crippen molar-refractivity contribution in [1.29, 1.82) is 0 Å². The standard InChI is InChI=1S/C19H21N5O5.ClH/c25-14-5-4-13(17(27)22-14)24-18(28)11-2-1-3-12(16(11)19(24)29)21-10-15(26)23-8-6-20-7-9-23;/h1-3,13,20-21H,4-10H2,(H,22,25,27);1H. The topological polar surface area (TPSA) is 128 Å². The summed E-state index contributed by atoms with van der Waals surface area (Å²) in [6.07, 6.45) is 0.161. The van der Waals surface area contributed by atoms with Crippen LogP contribution in [0.2, 0.25) is 0 Å². The zero-order valence-corrected chi connectivity index (χ0v) is 16.9. The molecule has 0 aromatic heterocycles. The van der Waals surface area contributed by atoms with E-state index >= 15 is 0 Å². The van der Waals surface area contributed by atoms with E-state index in [1.165, 1.54) is 6.07 Å². The highest BCUT2D eigenvalue weighted by molar-refractivity contribution is 6.25. The summed E-state index contributed by atoms with van der Waals surface area (Å²) < 4.78 is 0. The number of fused-ring (bicyclic) bond motifs is 1. The molecule has 3 heterocycles. The molecule has 0 radical (unpaired) electrons. The molecule has 0 aliphatic carbocycles. The second kappa shape index (κ2) is 8.80. The number of rotatable bonds is 4. The smallest absolute Gasteiger partial charge is 0.264 e. The maximum atomic E-state index is 13.0. The summed E-state index contributed by atoms with van der Waals surface area (Å²) in [7, 11) is 0. The van der Waals surface area contributed by atoms with E-state index in [4.69, 9.17) is 0 Å². The highest BCUT2D eigenvalue weighted by Gasteiger charge is 2.45. The summed E-state index contributed by atoms with van der Waals surface area (Å²) >= 11 is 0. The molecule has 30 heavy (non-hydrogen) atoms. The number of imide groups is 2.